The van der Waals surface area contributed by atoms with Gasteiger partial charge in [0.15, 0.2) is 5.75 Å². The van der Waals surface area contributed by atoms with Gasteiger partial charge in [0.1, 0.15) is 17.2 Å². The van der Waals surface area contributed by atoms with Gasteiger partial charge in [0.05, 0.1) is 18.5 Å². The summed E-state index contributed by atoms with van der Waals surface area (Å²) in [5.74, 6) is 0.313. The van der Waals surface area contributed by atoms with Gasteiger partial charge in [0, 0.05) is 11.6 Å². The molecule has 6 heteroatoms. The standard InChI is InChI=1S/C19H17N3O3/c1-12-20-16(13-7-4-3-5-8-13)11-17(21-12)22-15-10-6-9-14(18(15)23)19(24)25-2/h3-11,23H,1-2H3,(H,20,21,22). The highest BCUT2D eigenvalue weighted by Gasteiger charge is 2.15. The third-order valence-corrected chi connectivity index (χ3v) is 3.61. The topological polar surface area (TPSA) is 84.3 Å². The molecule has 2 aromatic carbocycles. The minimum Gasteiger partial charge on any atom is -0.505 e. The van der Waals surface area contributed by atoms with Gasteiger partial charge in [-0.3, -0.25) is 0 Å². The van der Waals surface area contributed by atoms with E-state index in [9.17, 15) is 9.90 Å². The number of aromatic nitrogens is 2. The molecular weight excluding hydrogens is 318 g/mol. The third kappa shape index (κ3) is 3.58. The van der Waals surface area contributed by atoms with E-state index in [1.807, 2.05) is 30.3 Å². The highest BCUT2D eigenvalue weighted by atomic mass is 16.5. The Morgan fingerprint density at radius 1 is 1.08 bits per heavy atom. The molecule has 1 heterocycles. The van der Waals surface area contributed by atoms with Crippen LogP contribution in [0.5, 0.6) is 5.75 Å². The van der Waals surface area contributed by atoms with Crippen molar-refractivity contribution in [1.82, 2.24) is 9.97 Å². The second kappa shape index (κ2) is 7.00. The number of anilines is 2. The Bertz CT molecular complexity index is 911. The number of phenolic OH excluding ortho intramolecular Hbond substituents is 1. The van der Waals surface area contributed by atoms with E-state index in [0.29, 0.717) is 17.3 Å². The molecule has 0 spiro atoms. The number of methoxy groups -OCH3 is 1. The Kier molecular flexibility index (Phi) is 4.61. The van der Waals surface area contributed by atoms with Crippen molar-refractivity contribution < 1.29 is 14.6 Å². The molecule has 126 valence electrons. The van der Waals surface area contributed by atoms with Crippen LogP contribution in [0.1, 0.15) is 16.2 Å². The number of rotatable bonds is 4. The number of hydrogen-bond acceptors (Lipinski definition) is 6. The van der Waals surface area contributed by atoms with Gasteiger partial charge >= 0.3 is 5.97 Å². The van der Waals surface area contributed by atoms with Crippen molar-refractivity contribution in [3.05, 3.63) is 66.0 Å². The maximum absolute atomic E-state index is 11.7. The van der Waals surface area contributed by atoms with Gasteiger partial charge in [-0.05, 0) is 19.1 Å². The van der Waals surface area contributed by atoms with Crippen molar-refractivity contribution in [2.75, 3.05) is 12.4 Å². The van der Waals surface area contributed by atoms with Crippen molar-refractivity contribution >= 4 is 17.5 Å². The molecular formula is C19H17N3O3. The van der Waals surface area contributed by atoms with Gasteiger partial charge in [-0.2, -0.15) is 0 Å². The summed E-state index contributed by atoms with van der Waals surface area (Å²) in [4.78, 5) is 20.5. The van der Waals surface area contributed by atoms with Crippen LogP contribution in [-0.2, 0) is 4.74 Å². The average Bonchev–Trinajstić information content (AvgIpc) is 2.63. The molecule has 0 aliphatic heterocycles. The number of aromatic hydroxyl groups is 1. The molecule has 3 aromatic rings. The number of nitrogens with one attached hydrogen (secondary N) is 1. The molecule has 0 atom stereocenters. The van der Waals surface area contributed by atoms with Gasteiger partial charge in [0.25, 0.3) is 0 Å². The van der Waals surface area contributed by atoms with E-state index in [1.165, 1.54) is 13.2 Å². The number of benzene rings is 2. The van der Waals surface area contributed by atoms with Crippen molar-refractivity contribution in [2.45, 2.75) is 6.92 Å². The van der Waals surface area contributed by atoms with Crippen LogP contribution in [0.15, 0.2) is 54.6 Å². The smallest absolute Gasteiger partial charge is 0.341 e. The fraction of sp³-hybridized carbons (Fsp3) is 0.105. The third-order valence-electron chi connectivity index (χ3n) is 3.61. The number of aryl methyl sites for hydroxylation is 1. The van der Waals surface area contributed by atoms with E-state index in [0.717, 1.165) is 11.3 Å². The molecule has 2 N–H and O–H groups in total. The molecule has 25 heavy (non-hydrogen) atoms. The molecule has 0 saturated heterocycles. The lowest BCUT2D eigenvalue weighted by Gasteiger charge is -2.12. The average molecular weight is 335 g/mol. The molecule has 0 bridgehead atoms. The van der Waals surface area contributed by atoms with Gasteiger partial charge in [-0.15, -0.1) is 0 Å². The zero-order valence-electron chi connectivity index (χ0n) is 13.9. The van der Waals surface area contributed by atoms with Gasteiger partial charge < -0.3 is 15.2 Å². The zero-order valence-corrected chi connectivity index (χ0v) is 13.9. The van der Waals surface area contributed by atoms with Crippen LogP contribution < -0.4 is 5.32 Å². The largest absolute Gasteiger partial charge is 0.505 e. The Balaban J connectivity index is 1.97. The normalized spacial score (nSPS) is 10.3. The molecule has 0 aliphatic rings. The van der Waals surface area contributed by atoms with Gasteiger partial charge in [-0.1, -0.05) is 36.4 Å². The quantitative estimate of drug-likeness (QED) is 0.559. The minimum atomic E-state index is -0.606. The van der Waals surface area contributed by atoms with E-state index >= 15 is 0 Å². The highest BCUT2D eigenvalue weighted by molar-refractivity contribution is 5.95. The van der Waals surface area contributed by atoms with Gasteiger partial charge in [0.2, 0.25) is 0 Å². The molecule has 0 aliphatic carbocycles. The number of esters is 1. The second-order valence-corrected chi connectivity index (χ2v) is 5.37. The molecule has 0 amide bonds. The minimum absolute atomic E-state index is 0.0848. The monoisotopic (exact) mass is 335 g/mol. The lowest BCUT2D eigenvalue weighted by molar-refractivity contribution is 0.0597. The Morgan fingerprint density at radius 2 is 1.84 bits per heavy atom. The predicted octanol–water partition coefficient (Wildman–Crippen LogP) is 3.69. The summed E-state index contributed by atoms with van der Waals surface area (Å²) >= 11 is 0. The number of nitrogens with zero attached hydrogens (tertiary/aromatic N) is 2. The Hall–Kier alpha value is -3.41. The summed E-state index contributed by atoms with van der Waals surface area (Å²) in [6, 6.07) is 16.3. The fourth-order valence-corrected chi connectivity index (χ4v) is 2.45. The van der Waals surface area contributed by atoms with E-state index in [1.54, 1.807) is 25.1 Å². The number of hydrogen-bond donors (Lipinski definition) is 2. The maximum atomic E-state index is 11.7. The van der Waals surface area contributed by atoms with Crippen molar-refractivity contribution in [2.24, 2.45) is 0 Å². The van der Waals surface area contributed by atoms with Crippen LogP contribution in [0.2, 0.25) is 0 Å². The summed E-state index contributed by atoms with van der Waals surface area (Å²) in [6.45, 7) is 1.79. The number of para-hydroxylation sites is 1. The number of phenols is 1. The maximum Gasteiger partial charge on any atom is 0.341 e. The van der Waals surface area contributed by atoms with E-state index in [4.69, 9.17) is 0 Å². The molecule has 0 fully saturated rings. The number of carbonyl (C=O) groups excluding carboxylic acids is 1. The lowest BCUT2D eigenvalue weighted by atomic mass is 10.1. The van der Waals surface area contributed by atoms with Crippen LogP contribution in [0.3, 0.4) is 0 Å². The zero-order chi connectivity index (χ0) is 17.8. The summed E-state index contributed by atoms with van der Waals surface area (Å²) in [7, 11) is 1.27. The molecule has 0 radical (unpaired) electrons. The first-order valence-corrected chi connectivity index (χ1v) is 7.67. The van der Waals surface area contributed by atoms with Crippen molar-refractivity contribution in [1.29, 1.82) is 0 Å². The summed E-state index contributed by atoms with van der Waals surface area (Å²) in [6.07, 6.45) is 0. The molecule has 1 aromatic heterocycles. The molecule has 3 rings (SSSR count). The van der Waals surface area contributed by atoms with Crippen LogP contribution >= 0.6 is 0 Å². The highest BCUT2D eigenvalue weighted by Crippen LogP contribution is 2.31. The van der Waals surface area contributed by atoms with Crippen LogP contribution in [0.4, 0.5) is 11.5 Å². The molecule has 0 unspecified atom stereocenters. The van der Waals surface area contributed by atoms with E-state index in [-0.39, 0.29) is 11.3 Å². The van der Waals surface area contributed by atoms with Crippen LogP contribution in [0.25, 0.3) is 11.3 Å². The Morgan fingerprint density at radius 3 is 2.56 bits per heavy atom. The van der Waals surface area contributed by atoms with Crippen LogP contribution in [0, 0.1) is 6.92 Å². The van der Waals surface area contributed by atoms with Crippen molar-refractivity contribution in [3.8, 4) is 17.0 Å². The first-order valence-electron chi connectivity index (χ1n) is 7.67. The first kappa shape index (κ1) is 16.4. The van der Waals surface area contributed by atoms with Gasteiger partial charge in [-0.25, -0.2) is 14.8 Å². The second-order valence-electron chi connectivity index (χ2n) is 5.37. The van der Waals surface area contributed by atoms with Crippen LogP contribution in [-0.4, -0.2) is 28.2 Å². The molecule has 0 saturated carbocycles. The number of ether oxygens (including phenoxy) is 1. The summed E-state index contributed by atoms with van der Waals surface area (Å²) in [5.41, 5.74) is 2.17. The van der Waals surface area contributed by atoms with Crippen molar-refractivity contribution in [3.63, 3.8) is 0 Å². The fourth-order valence-electron chi connectivity index (χ4n) is 2.45. The SMILES string of the molecule is COC(=O)c1cccc(Nc2cc(-c3ccccc3)nc(C)n2)c1O. The van der Waals surface area contributed by atoms with E-state index < -0.39 is 5.97 Å². The molecule has 6 nitrogen and oxygen atoms in total. The number of carbonyl (C=O) groups is 1. The lowest BCUT2D eigenvalue weighted by Crippen LogP contribution is -2.04. The first-order chi connectivity index (χ1) is 12.1. The Labute approximate surface area is 145 Å². The summed E-state index contributed by atoms with van der Waals surface area (Å²) in [5, 5.41) is 13.3. The summed E-state index contributed by atoms with van der Waals surface area (Å²) < 4.78 is 4.67. The van der Waals surface area contributed by atoms with E-state index in [2.05, 4.69) is 20.0 Å². The predicted molar refractivity (Wildman–Crippen MR) is 94.9 cm³/mol.